The molecule has 3 aromatic carbocycles. The molecule has 0 aliphatic carbocycles. The fraction of sp³-hybridized carbons (Fsp3) is 0.138. The molecule has 6 nitrogen and oxygen atoms in total. The number of rotatable bonds is 10. The van der Waals surface area contributed by atoms with Crippen molar-refractivity contribution in [1.82, 2.24) is 15.6 Å². The highest BCUT2D eigenvalue weighted by Crippen LogP contribution is 2.20. The van der Waals surface area contributed by atoms with Crippen molar-refractivity contribution in [3.63, 3.8) is 0 Å². The lowest BCUT2D eigenvalue weighted by molar-refractivity contribution is -0.121. The largest absolute Gasteiger partial charge is 0.489 e. The Kier molecular flexibility index (Phi) is 8.67. The van der Waals surface area contributed by atoms with Gasteiger partial charge in [0.1, 0.15) is 12.4 Å². The van der Waals surface area contributed by atoms with Crippen LogP contribution in [0.25, 0.3) is 0 Å². The molecule has 1 heterocycles. The molecule has 0 aliphatic heterocycles. The molecule has 0 bridgehead atoms. The predicted molar refractivity (Wildman–Crippen MR) is 140 cm³/mol. The summed E-state index contributed by atoms with van der Waals surface area (Å²) in [5, 5.41) is 6.25. The highest BCUT2D eigenvalue weighted by Gasteiger charge is 2.20. The quantitative estimate of drug-likeness (QED) is 0.302. The summed E-state index contributed by atoms with van der Waals surface area (Å²) < 4.78 is 5.78. The van der Waals surface area contributed by atoms with E-state index in [1.165, 1.54) is 0 Å². The van der Waals surface area contributed by atoms with Gasteiger partial charge >= 0.3 is 0 Å². The summed E-state index contributed by atoms with van der Waals surface area (Å²) >= 11 is 6.18. The Labute approximate surface area is 215 Å². The van der Waals surface area contributed by atoms with Crippen molar-refractivity contribution in [2.75, 3.05) is 0 Å². The van der Waals surface area contributed by atoms with Crippen LogP contribution in [0.4, 0.5) is 0 Å². The normalized spacial score (nSPS) is 11.4. The number of carbonyl (C=O) groups is 2. The van der Waals surface area contributed by atoms with Crippen molar-refractivity contribution in [2.24, 2.45) is 0 Å². The van der Waals surface area contributed by atoms with E-state index in [-0.39, 0.29) is 18.2 Å². The van der Waals surface area contributed by atoms with Crippen LogP contribution in [-0.2, 0) is 17.9 Å². The van der Waals surface area contributed by atoms with Crippen LogP contribution in [0.5, 0.6) is 5.75 Å². The van der Waals surface area contributed by atoms with Crippen LogP contribution in [0.3, 0.4) is 0 Å². The Hall–Kier alpha value is -4.16. The lowest BCUT2D eigenvalue weighted by Crippen LogP contribution is -2.33. The number of amides is 2. The second-order valence-corrected chi connectivity index (χ2v) is 8.60. The summed E-state index contributed by atoms with van der Waals surface area (Å²) in [6.45, 7) is 0.798. The molecule has 1 atom stereocenters. The number of carbonyl (C=O) groups excluding carboxylic acids is 2. The van der Waals surface area contributed by atoms with Crippen LogP contribution >= 0.6 is 11.6 Å². The van der Waals surface area contributed by atoms with Crippen LogP contribution in [0.2, 0.25) is 5.02 Å². The number of benzene rings is 3. The number of pyridine rings is 1. The van der Waals surface area contributed by atoms with Crippen molar-refractivity contribution >= 4 is 23.4 Å². The van der Waals surface area contributed by atoms with E-state index >= 15 is 0 Å². The summed E-state index contributed by atoms with van der Waals surface area (Å²) in [6, 6.07) is 27.1. The average molecular weight is 500 g/mol. The zero-order valence-corrected chi connectivity index (χ0v) is 20.3. The van der Waals surface area contributed by atoms with Gasteiger partial charge in [-0.1, -0.05) is 72.3 Å². The molecule has 7 heteroatoms. The summed E-state index contributed by atoms with van der Waals surface area (Å²) in [6.07, 6.45) is 3.58. The van der Waals surface area contributed by atoms with Crippen LogP contribution in [0.1, 0.15) is 39.5 Å². The number of aromatic nitrogens is 1. The number of hydrogen-bond donors (Lipinski definition) is 2. The first kappa shape index (κ1) is 24.9. The van der Waals surface area contributed by atoms with E-state index in [2.05, 4.69) is 15.6 Å². The lowest BCUT2D eigenvalue weighted by Gasteiger charge is -2.19. The smallest absolute Gasteiger partial charge is 0.253 e. The topological polar surface area (TPSA) is 80.3 Å². The highest BCUT2D eigenvalue weighted by molar-refractivity contribution is 6.33. The number of nitrogens with one attached hydrogen (secondary N) is 2. The van der Waals surface area contributed by atoms with E-state index in [0.29, 0.717) is 23.7 Å². The molecule has 0 spiro atoms. The molecule has 2 N–H and O–H groups in total. The van der Waals surface area contributed by atoms with Crippen molar-refractivity contribution in [3.8, 4) is 5.75 Å². The number of halogens is 1. The Bertz CT molecular complexity index is 1280. The maximum Gasteiger partial charge on any atom is 0.253 e. The summed E-state index contributed by atoms with van der Waals surface area (Å²) in [7, 11) is 0. The van der Waals surface area contributed by atoms with E-state index in [9.17, 15) is 9.59 Å². The Morgan fingerprint density at radius 1 is 0.861 bits per heavy atom. The van der Waals surface area contributed by atoms with E-state index in [1.807, 2.05) is 66.7 Å². The molecule has 2 amide bonds. The first-order chi connectivity index (χ1) is 17.6. The van der Waals surface area contributed by atoms with Crippen molar-refractivity contribution in [2.45, 2.75) is 25.6 Å². The van der Waals surface area contributed by atoms with Gasteiger partial charge in [0.25, 0.3) is 5.91 Å². The Balaban J connectivity index is 1.33. The van der Waals surface area contributed by atoms with Gasteiger partial charge in [-0.15, -0.1) is 0 Å². The van der Waals surface area contributed by atoms with Gasteiger partial charge in [0.05, 0.1) is 23.0 Å². The molecule has 4 aromatic rings. The summed E-state index contributed by atoms with van der Waals surface area (Å²) in [5.41, 5.74) is 3.13. The minimum absolute atomic E-state index is 0.0898. The minimum atomic E-state index is -0.502. The zero-order valence-electron chi connectivity index (χ0n) is 19.6. The second-order valence-electron chi connectivity index (χ2n) is 8.19. The van der Waals surface area contributed by atoms with Crippen molar-refractivity contribution in [1.29, 1.82) is 0 Å². The third-order valence-corrected chi connectivity index (χ3v) is 5.89. The molecule has 0 radical (unpaired) electrons. The monoisotopic (exact) mass is 499 g/mol. The molecule has 1 aromatic heterocycles. The molecule has 0 saturated heterocycles. The molecule has 0 saturated carbocycles. The van der Waals surface area contributed by atoms with Gasteiger partial charge < -0.3 is 15.4 Å². The second kappa shape index (κ2) is 12.5. The maximum atomic E-state index is 12.8. The van der Waals surface area contributed by atoms with Crippen molar-refractivity contribution in [3.05, 3.63) is 131 Å². The van der Waals surface area contributed by atoms with Crippen LogP contribution in [0.15, 0.2) is 103 Å². The molecule has 36 heavy (non-hydrogen) atoms. The molecule has 0 fully saturated rings. The summed E-state index contributed by atoms with van der Waals surface area (Å²) in [4.78, 5) is 29.7. The molecular formula is C29H26ClN3O3. The van der Waals surface area contributed by atoms with Gasteiger partial charge in [-0.25, -0.2) is 0 Å². The van der Waals surface area contributed by atoms with E-state index in [1.54, 1.807) is 36.7 Å². The number of hydrogen-bond acceptors (Lipinski definition) is 4. The molecule has 0 aliphatic rings. The molecule has 1 unspecified atom stereocenters. The van der Waals surface area contributed by atoms with Gasteiger partial charge in [0.15, 0.2) is 0 Å². The van der Waals surface area contributed by atoms with Crippen LogP contribution in [0, 0.1) is 0 Å². The molecule has 4 rings (SSSR count). The average Bonchev–Trinajstić information content (AvgIpc) is 2.92. The van der Waals surface area contributed by atoms with E-state index in [0.717, 1.165) is 22.4 Å². The Morgan fingerprint density at radius 3 is 2.33 bits per heavy atom. The fourth-order valence-corrected chi connectivity index (χ4v) is 3.85. The van der Waals surface area contributed by atoms with Crippen molar-refractivity contribution < 1.29 is 14.3 Å². The first-order valence-electron chi connectivity index (χ1n) is 11.6. The summed E-state index contributed by atoms with van der Waals surface area (Å²) in [5.74, 6) is 0.227. The number of nitrogens with zero attached hydrogens (tertiary/aromatic N) is 1. The van der Waals surface area contributed by atoms with Gasteiger partial charge in [0, 0.05) is 24.5 Å². The third-order valence-electron chi connectivity index (χ3n) is 5.56. The van der Waals surface area contributed by atoms with Gasteiger partial charge in [-0.3, -0.25) is 14.6 Å². The highest BCUT2D eigenvalue weighted by atomic mass is 35.5. The fourth-order valence-electron chi connectivity index (χ4n) is 3.63. The SMILES string of the molecule is O=C(CC(NC(=O)c1ccccc1Cl)c1ccccc1)NCc1ccc(OCc2cccnc2)cc1. The molecular weight excluding hydrogens is 474 g/mol. The van der Waals surface area contributed by atoms with E-state index in [4.69, 9.17) is 16.3 Å². The molecule has 182 valence electrons. The first-order valence-corrected chi connectivity index (χ1v) is 11.9. The number of ether oxygens (including phenoxy) is 1. The third kappa shape index (κ3) is 7.17. The Morgan fingerprint density at radius 2 is 1.61 bits per heavy atom. The van der Waals surface area contributed by atoms with Gasteiger partial charge in [-0.05, 0) is 41.5 Å². The van der Waals surface area contributed by atoms with Gasteiger partial charge in [0.2, 0.25) is 5.91 Å². The minimum Gasteiger partial charge on any atom is -0.489 e. The van der Waals surface area contributed by atoms with Crippen LogP contribution < -0.4 is 15.4 Å². The van der Waals surface area contributed by atoms with E-state index < -0.39 is 6.04 Å². The lowest BCUT2D eigenvalue weighted by atomic mass is 10.0. The zero-order chi connectivity index (χ0) is 25.2. The predicted octanol–water partition coefficient (Wildman–Crippen LogP) is 5.49. The van der Waals surface area contributed by atoms with Gasteiger partial charge in [-0.2, -0.15) is 0 Å². The maximum absolute atomic E-state index is 12.8. The van der Waals surface area contributed by atoms with Crippen LogP contribution in [-0.4, -0.2) is 16.8 Å². The standard InChI is InChI=1S/C29H26ClN3O3/c30-26-11-5-4-10-25(26)29(35)33-27(23-8-2-1-3-9-23)17-28(34)32-19-21-12-14-24(15-13-21)36-20-22-7-6-16-31-18-22/h1-16,18,27H,17,19-20H2,(H,32,34)(H,33,35).